The van der Waals surface area contributed by atoms with E-state index in [1.165, 1.54) is 0 Å². The van der Waals surface area contributed by atoms with Crippen LogP contribution in [0, 0.1) is 11.8 Å². The number of nitrogens with one attached hydrogen (secondary N) is 7. The zero-order valence-electron chi connectivity index (χ0n) is 46.4. The highest BCUT2D eigenvalue weighted by molar-refractivity contribution is 6.08. The summed E-state index contributed by atoms with van der Waals surface area (Å²) in [6.45, 7) is 12.8. The number of fused-ring (bicyclic) bond motifs is 1. The topological polar surface area (TPSA) is 314 Å². The van der Waals surface area contributed by atoms with Crippen LogP contribution >= 0.6 is 0 Å². The maximum absolute atomic E-state index is 13.5. The van der Waals surface area contributed by atoms with E-state index in [1.54, 1.807) is 54.7 Å². The smallest absolute Gasteiger partial charge is 0.407 e. The van der Waals surface area contributed by atoms with Gasteiger partial charge in [-0.2, -0.15) is 0 Å². The molecule has 3 heterocycles. The number of anilines is 3. The van der Waals surface area contributed by atoms with Gasteiger partial charge in [0.25, 0.3) is 5.91 Å². The van der Waals surface area contributed by atoms with Crippen LogP contribution < -0.4 is 53.6 Å². The van der Waals surface area contributed by atoms with E-state index in [4.69, 9.17) is 16.2 Å². The van der Waals surface area contributed by atoms with Gasteiger partial charge in [0.2, 0.25) is 29.5 Å². The van der Waals surface area contributed by atoms with Gasteiger partial charge in [0.15, 0.2) is 0 Å². The number of carbonyl (C=O) groups excluding carboxylic acids is 8. The van der Waals surface area contributed by atoms with Crippen molar-refractivity contribution in [3.63, 3.8) is 0 Å². The molecule has 2 aliphatic rings. The fourth-order valence-corrected chi connectivity index (χ4v) is 9.10. The van der Waals surface area contributed by atoms with Crippen molar-refractivity contribution in [3.05, 3.63) is 83.1 Å². The monoisotopic (exact) mass is 1090 g/mol. The van der Waals surface area contributed by atoms with E-state index in [-0.39, 0.29) is 74.5 Å². The summed E-state index contributed by atoms with van der Waals surface area (Å²) in [4.78, 5) is 116. The molecule has 0 unspecified atom stereocenters. The third kappa shape index (κ3) is 20.4. The summed E-state index contributed by atoms with van der Waals surface area (Å²) >= 11 is 0. The van der Waals surface area contributed by atoms with E-state index in [2.05, 4.69) is 59.0 Å². The Labute approximate surface area is 463 Å². The number of pyridine rings is 1. The molecule has 0 saturated carbocycles. The van der Waals surface area contributed by atoms with E-state index < -0.39 is 36.0 Å². The summed E-state index contributed by atoms with van der Waals surface area (Å²) < 4.78 is 5.36. The van der Waals surface area contributed by atoms with Crippen LogP contribution in [0.15, 0.2) is 71.4 Å². The second kappa shape index (κ2) is 32.0. The first kappa shape index (κ1) is 61.8. The molecule has 3 aromatic rings. The van der Waals surface area contributed by atoms with E-state index in [1.807, 2.05) is 44.7 Å². The summed E-state index contributed by atoms with van der Waals surface area (Å²) in [5.41, 5.74) is 15.2. The molecule has 22 heteroatoms. The largest absolute Gasteiger partial charge is 0.445 e. The van der Waals surface area contributed by atoms with E-state index in [0.717, 1.165) is 38.5 Å². The molecule has 0 aliphatic carbocycles. The predicted octanol–water partition coefficient (Wildman–Crippen LogP) is 6.00. The molecule has 0 spiro atoms. The lowest BCUT2D eigenvalue weighted by molar-refractivity contribution is -0.132. The van der Waals surface area contributed by atoms with Crippen LogP contribution in [0.25, 0.3) is 6.08 Å². The number of piperidine rings is 1. The molecule has 5 rings (SSSR count). The average Bonchev–Trinajstić information content (AvgIpc) is 3.62. The number of ether oxygens (including phenoxy) is 1. The number of nitrogens with zero attached hydrogens (tertiary/aromatic N) is 4. The summed E-state index contributed by atoms with van der Waals surface area (Å²) in [6, 6.07) is 12.8. The Morgan fingerprint density at radius 1 is 0.772 bits per heavy atom. The molecule has 0 radical (unpaired) electrons. The molecule has 1 saturated heterocycles. The summed E-state index contributed by atoms with van der Waals surface area (Å²) in [6.07, 6.45) is 10.4. The lowest BCUT2D eigenvalue weighted by Crippen LogP contribution is -2.54. The van der Waals surface area contributed by atoms with E-state index >= 15 is 0 Å². The summed E-state index contributed by atoms with van der Waals surface area (Å²) in [5, 5.41) is 19.3. The van der Waals surface area contributed by atoms with Gasteiger partial charge >= 0.3 is 12.1 Å². The number of amides is 9. The van der Waals surface area contributed by atoms with Gasteiger partial charge in [-0.3, -0.25) is 28.8 Å². The summed E-state index contributed by atoms with van der Waals surface area (Å²) in [7, 11) is 0. The van der Waals surface area contributed by atoms with Crippen LogP contribution in [-0.4, -0.2) is 121 Å². The minimum atomic E-state index is -0.995. The van der Waals surface area contributed by atoms with Gasteiger partial charge in [-0.25, -0.2) is 19.6 Å². The van der Waals surface area contributed by atoms with Crippen molar-refractivity contribution in [1.82, 2.24) is 36.5 Å². The molecule has 1 aromatic heterocycles. The maximum atomic E-state index is 13.5. The molecule has 1 fully saturated rings. The average molecular weight is 1090 g/mol. The van der Waals surface area contributed by atoms with Crippen molar-refractivity contribution in [1.29, 1.82) is 0 Å². The molecule has 428 valence electrons. The quantitative estimate of drug-likeness (QED) is 0.0362. The highest BCUT2D eigenvalue weighted by atomic mass is 16.5. The lowest BCUT2D eigenvalue weighted by Gasteiger charge is -2.32. The predicted molar refractivity (Wildman–Crippen MR) is 305 cm³/mol. The number of rotatable bonds is 29. The Morgan fingerprint density at radius 2 is 1.48 bits per heavy atom. The Hall–Kier alpha value is -8.04. The standard InChI is InChI=1S/C57H81N13O9/c1-6-9-10-11-14-49(71)68-50(37(4)5)54(75)67-45(13-12-25-61-56(59)77)53(74)64-43-19-15-38(16-20-43)36-79-57(78)62-27-26-60-51(72)39-23-30-69(31-24-39)48-22-21-44(35-63-48)65-52(73)41-18-17-40-32-42(34-47(58)66-46(40)33-41)55(76)70(28-7-2)29-8-3/h15-22,32-33,35,37,39,45,50H,6-14,23-31,34,36H2,1-5H3,(H2,58,66)(H,60,72)(H,62,78)(H,64,74)(H,65,73)(H,67,75)(H,68,71)(H3,59,61,77)/t45-,50-/m0/s1. The van der Waals surface area contributed by atoms with Gasteiger partial charge < -0.3 is 63.2 Å². The third-order valence-corrected chi connectivity index (χ3v) is 13.4. The molecule has 79 heavy (non-hydrogen) atoms. The number of hydrogen-bond donors (Lipinski definition) is 9. The highest BCUT2D eigenvalue weighted by Crippen LogP contribution is 2.29. The number of urea groups is 1. The number of nitrogens with two attached hydrogens (primary N) is 2. The van der Waals surface area contributed by atoms with Crippen molar-refractivity contribution >= 4 is 82.4 Å². The van der Waals surface area contributed by atoms with Crippen molar-refractivity contribution in [2.75, 3.05) is 61.3 Å². The van der Waals surface area contributed by atoms with Crippen LogP contribution in [0.5, 0.6) is 0 Å². The number of alkyl carbamates (subject to hydrolysis) is 1. The number of primary amides is 1. The van der Waals surface area contributed by atoms with Crippen molar-refractivity contribution < 1.29 is 43.1 Å². The molecular weight excluding hydrogens is 1010 g/mol. The fraction of sp³-hybridized carbons (Fsp3) is 0.509. The number of carbonyl (C=O) groups is 8. The maximum Gasteiger partial charge on any atom is 0.407 e. The van der Waals surface area contributed by atoms with Gasteiger partial charge in [0.05, 0.1) is 17.6 Å². The first-order chi connectivity index (χ1) is 38.0. The van der Waals surface area contributed by atoms with Gasteiger partial charge in [-0.05, 0) is 98.9 Å². The minimum absolute atomic E-state index is 0.0592. The number of unbranched alkanes of at least 4 members (excludes halogenated alkanes) is 3. The number of aromatic nitrogens is 1. The van der Waals surface area contributed by atoms with Gasteiger partial charge in [-0.15, -0.1) is 0 Å². The Morgan fingerprint density at radius 3 is 2.14 bits per heavy atom. The molecular formula is C57H81N13O9. The number of hydrogen-bond acceptors (Lipinski definition) is 13. The van der Waals surface area contributed by atoms with E-state index in [0.29, 0.717) is 103 Å². The van der Waals surface area contributed by atoms with Gasteiger partial charge in [-0.1, -0.05) is 72.1 Å². The van der Waals surface area contributed by atoms with Crippen molar-refractivity contribution in [2.45, 2.75) is 130 Å². The highest BCUT2D eigenvalue weighted by Gasteiger charge is 2.30. The number of benzene rings is 2. The van der Waals surface area contributed by atoms with Gasteiger partial charge in [0.1, 0.15) is 30.3 Å². The van der Waals surface area contributed by atoms with Gasteiger partial charge in [0, 0.05) is 87.0 Å². The molecule has 2 aliphatic heterocycles. The first-order valence-electron chi connectivity index (χ1n) is 27.7. The van der Waals surface area contributed by atoms with Crippen LogP contribution in [0.3, 0.4) is 0 Å². The Kier molecular flexibility index (Phi) is 25.0. The summed E-state index contributed by atoms with van der Waals surface area (Å²) in [5.74, 6) is -1.20. The van der Waals surface area contributed by atoms with Crippen LogP contribution in [0.1, 0.15) is 133 Å². The second-order valence-corrected chi connectivity index (χ2v) is 20.2. The minimum Gasteiger partial charge on any atom is -0.445 e. The number of amidine groups is 1. The second-order valence-electron chi connectivity index (χ2n) is 20.2. The normalized spacial score (nSPS) is 14.0. The third-order valence-electron chi connectivity index (χ3n) is 13.4. The molecule has 0 bridgehead atoms. The molecule has 22 nitrogen and oxygen atoms in total. The first-order valence-corrected chi connectivity index (χ1v) is 27.7. The number of aliphatic imine (C=N–C) groups is 1. The lowest BCUT2D eigenvalue weighted by atomic mass is 9.96. The van der Waals surface area contributed by atoms with Crippen LogP contribution in [0.2, 0.25) is 0 Å². The molecule has 9 amide bonds. The molecule has 2 atom stereocenters. The SMILES string of the molecule is CCCCCCC(=O)N[C@H](C(=O)N[C@@H](CCCNC(N)=O)C(=O)Nc1ccc(COC(=O)NCCNC(=O)C2CCN(c3ccc(NC(=O)c4ccc5c(c4)N=C(N)CC(C(=O)N(CCC)CCC)=C5)cn3)CC2)cc1)C(C)C. The van der Waals surface area contributed by atoms with Crippen molar-refractivity contribution in [3.8, 4) is 0 Å². The molecule has 2 aromatic carbocycles. The van der Waals surface area contributed by atoms with E-state index in [9.17, 15) is 38.4 Å². The van der Waals surface area contributed by atoms with Crippen molar-refractivity contribution in [2.24, 2.45) is 28.3 Å². The fourth-order valence-electron chi connectivity index (χ4n) is 9.10. The molecule has 11 N–H and O–H groups in total. The zero-order valence-corrected chi connectivity index (χ0v) is 46.4. The van der Waals surface area contributed by atoms with Crippen LogP contribution in [-0.2, 0) is 35.3 Å². The Balaban J connectivity index is 1.00. The zero-order chi connectivity index (χ0) is 57.3. The van der Waals surface area contributed by atoms with Crippen LogP contribution in [0.4, 0.5) is 32.5 Å². The Bertz CT molecular complexity index is 2610.